The number of amidine groups is 1. The van der Waals surface area contributed by atoms with E-state index in [2.05, 4.69) is 43.0 Å². The summed E-state index contributed by atoms with van der Waals surface area (Å²) in [5, 5.41) is 1.65. The number of methoxy groups -OCH3 is 1. The Morgan fingerprint density at radius 3 is 2.49 bits per heavy atom. The van der Waals surface area contributed by atoms with Gasteiger partial charge in [0, 0.05) is 24.6 Å². The molecule has 35 heavy (non-hydrogen) atoms. The predicted molar refractivity (Wildman–Crippen MR) is 147 cm³/mol. The maximum Gasteiger partial charge on any atom is 0.269 e. The van der Waals surface area contributed by atoms with Gasteiger partial charge in [-0.05, 0) is 73.0 Å². The molecule has 0 radical (unpaired) electrons. The summed E-state index contributed by atoms with van der Waals surface area (Å²) in [6.45, 7) is 4.75. The third-order valence-electron chi connectivity index (χ3n) is 6.28. The lowest BCUT2D eigenvalue weighted by Crippen LogP contribution is -2.31. The van der Waals surface area contributed by atoms with E-state index in [0.717, 1.165) is 38.6 Å². The van der Waals surface area contributed by atoms with Crippen LogP contribution in [0.15, 0.2) is 86.6 Å². The van der Waals surface area contributed by atoms with Crippen molar-refractivity contribution in [3.05, 3.63) is 93.4 Å². The number of nitrogens with zero attached hydrogens (tertiary/aromatic N) is 3. The molecule has 1 fully saturated rings. The third kappa shape index (κ3) is 4.70. The molecular formula is C28H27N3O2S2. The van der Waals surface area contributed by atoms with Crippen LogP contribution in [0.4, 0.5) is 11.4 Å². The second kappa shape index (κ2) is 9.84. The Balaban J connectivity index is 1.51. The summed E-state index contributed by atoms with van der Waals surface area (Å²) in [7, 11) is 3.67. The molecule has 0 aliphatic carbocycles. The number of ether oxygens (including phenoxy) is 1. The second-order valence-electron chi connectivity index (χ2n) is 8.59. The number of aliphatic imine (C=N–C) groups is 1. The highest BCUT2D eigenvalue weighted by molar-refractivity contribution is 8.19. The average Bonchev–Trinajstić information content (AvgIpc) is 3.36. The summed E-state index contributed by atoms with van der Waals surface area (Å²) in [5.74, 6) is 0.803. The highest BCUT2D eigenvalue weighted by Gasteiger charge is 2.39. The van der Waals surface area contributed by atoms with Gasteiger partial charge in [-0.2, -0.15) is 0 Å². The normalized spacial score (nSPS) is 18.5. The SMILES string of the molecule is COc1ccc2c(c1)N(C)/C(=C1/SC(=Nc3ccc(C)c(C)c3)N(CCc3ccccc3)C1=O)S2. The lowest BCUT2D eigenvalue weighted by molar-refractivity contribution is -0.122. The molecule has 0 saturated carbocycles. The number of anilines is 1. The second-order valence-corrected chi connectivity index (χ2v) is 10.6. The van der Waals surface area contributed by atoms with E-state index in [0.29, 0.717) is 11.4 Å². The van der Waals surface area contributed by atoms with Crippen LogP contribution in [0.1, 0.15) is 16.7 Å². The highest BCUT2D eigenvalue weighted by atomic mass is 32.2. The number of rotatable bonds is 5. The molecule has 5 nitrogen and oxygen atoms in total. The maximum absolute atomic E-state index is 13.8. The van der Waals surface area contributed by atoms with Gasteiger partial charge in [-0.15, -0.1) is 0 Å². The quantitative estimate of drug-likeness (QED) is 0.372. The van der Waals surface area contributed by atoms with Crippen LogP contribution >= 0.6 is 23.5 Å². The first-order chi connectivity index (χ1) is 16.9. The molecule has 2 aliphatic rings. The van der Waals surface area contributed by atoms with E-state index in [1.54, 1.807) is 18.9 Å². The Bertz CT molecular complexity index is 1350. The zero-order valence-electron chi connectivity index (χ0n) is 20.2. The first-order valence-corrected chi connectivity index (χ1v) is 13.1. The van der Waals surface area contributed by atoms with Gasteiger partial charge in [-0.25, -0.2) is 4.99 Å². The molecule has 7 heteroatoms. The largest absolute Gasteiger partial charge is 0.497 e. The molecule has 1 amide bonds. The van der Waals surface area contributed by atoms with Crippen LogP contribution in [0.25, 0.3) is 0 Å². The van der Waals surface area contributed by atoms with Crippen molar-refractivity contribution in [3.8, 4) is 5.75 Å². The Kier molecular flexibility index (Phi) is 6.62. The van der Waals surface area contributed by atoms with Gasteiger partial charge in [-0.3, -0.25) is 9.69 Å². The van der Waals surface area contributed by atoms with Crippen molar-refractivity contribution >= 4 is 46.0 Å². The number of carbonyl (C=O) groups is 1. The molecule has 1 saturated heterocycles. The van der Waals surface area contributed by atoms with Crippen molar-refractivity contribution in [1.82, 2.24) is 4.90 Å². The molecule has 2 aliphatic heterocycles. The fraction of sp³-hybridized carbons (Fsp3) is 0.214. The number of aryl methyl sites for hydroxylation is 2. The van der Waals surface area contributed by atoms with Gasteiger partial charge in [0.15, 0.2) is 5.17 Å². The lowest BCUT2D eigenvalue weighted by Gasteiger charge is -2.17. The number of amides is 1. The number of hydrogen-bond acceptors (Lipinski definition) is 6. The standard InChI is InChI=1S/C28H27N3O2S2/c1-18-10-11-21(16-19(18)2)29-28-31(15-14-20-8-6-5-7-9-20)26(32)25(35-28)27-30(3)23-17-22(33-4)12-13-24(23)34-27/h5-13,16-17H,14-15H2,1-4H3/b27-25-,29-28?. The fourth-order valence-electron chi connectivity index (χ4n) is 4.06. The Morgan fingerprint density at radius 1 is 0.943 bits per heavy atom. The van der Waals surface area contributed by atoms with Crippen LogP contribution in [-0.2, 0) is 11.2 Å². The number of thioether (sulfide) groups is 2. The summed E-state index contributed by atoms with van der Waals surface area (Å²) < 4.78 is 5.41. The smallest absolute Gasteiger partial charge is 0.269 e. The molecule has 0 atom stereocenters. The van der Waals surface area contributed by atoms with Crippen molar-refractivity contribution in [2.45, 2.75) is 25.2 Å². The van der Waals surface area contributed by atoms with E-state index in [1.807, 2.05) is 54.4 Å². The molecule has 0 spiro atoms. The summed E-state index contributed by atoms with van der Waals surface area (Å²) in [6, 6.07) is 22.4. The topological polar surface area (TPSA) is 45.1 Å². The van der Waals surface area contributed by atoms with Gasteiger partial charge in [0.2, 0.25) is 0 Å². The average molecular weight is 502 g/mol. The first-order valence-electron chi connectivity index (χ1n) is 11.5. The van der Waals surface area contributed by atoms with E-state index >= 15 is 0 Å². The number of hydrogen-bond donors (Lipinski definition) is 0. The van der Waals surface area contributed by atoms with Crippen molar-refractivity contribution in [2.75, 3.05) is 25.6 Å². The highest BCUT2D eigenvalue weighted by Crippen LogP contribution is 2.51. The zero-order valence-corrected chi connectivity index (χ0v) is 21.9. The molecular weight excluding hydrogens is 474 g/mol. The number of benzene rings is 3. The van der Waals surface area contributed by atoms with Crippen LogP contribution < -0.4 is 9.64 Å². The molecule has 178 valence electrons. The van der Waals surface area contributed by atoms with Gasteiger partial charge >= 0.3 is 0 Å². The van der Waals surface area contributed by atoms with E-state index in [4.69, 9.17) is 9.73 Å². The van der Waals surface area contributed by atoms with Crippen molar-refractivity contribution in [3.63, 3.8) is 0 Å². The number of fused-ring (bicyclic) bond motifs is 1. The molecule has 0 unspecified atom stereocenters. The molecule has 0 aromatic heterocycles. The van der Waals surface area contributed by atoms with Crippen LogP contribution in [0.3, 0.4) is 0 Å². The zero-order chi connectivity index (χ0) is 24.5. The monoisotopic (exact) mass is 501 g/mol. The molecule has 0 bridgehead atoms. The molecule has 3 aromatic carbocycles. The summed E-state index contributed by atoms with van der Waals surface area (Å²) in [5.41, 5.74) is 5.51. The van der Waals surface area contributed by atoms with Crippen LogP contribution in [0, 0.1) is 13.8 Å². The molecule has 0 N–H and O–H groups in total. The van der Waals surface area contributed by atoms with Crippen LogP contribution in [-0.4, -0.2) is 36.7 Å². The van der Waals surface area contributed by atoms with E-state index in [9.17, 15) is 4.79 Å². The van der Waals surface area contributed by atoms with Gasteiger partial charge in [0.05, 0.1) is 23.5 Å². The first kappa shape index (κ1) is 23.6. The molecule has 2 heterocycles. The van der Waals surface area contributed by atoms with E-state index in [-0.39, 0.29) is 5.91 Å². The molecule has 3 aromatic rings. The lowest BCUT2D eigenvalue weighted by atomic mass is 10.1. The van der Waals surface area contributed by atoms with E-state index < -0.39 is 0 Å². The van der Waals surface area contributed by atoms with E-state index in [1.165, 1.54) is 28.5 Å². The minimum absolute atomic E-state index is 0.00244. The minimum atomic E-state index is 0.00244. The summed E-state index contributed by atoms with van der Waals surface area (Å²) >= 11 is 3.08. The van der Waals surface area contributed by atoms with Gasteiger partial charge in [0.1, 0.15) is 10.7 Å². The summed E-state index contributed by atoms with van der Waals surface area (Å²) in [4.78, 5) is 24.4. The Hall–Kier alpha value is -3.16. The minimum Gasteiger partial charge on any atom is -0.497 e. The summed E-state index contributed by atoms with van der Waals surface area (Å²) in [6.07, 6.45) is 0.766. The molecule has 5 rings (SSSR count). The van der Waals surface area contributed by atoms with Gasteiger partial charge < -0.3 is 9.64 Å². The third-order valence-corrected chi connectivity index (χ3v) is 8.71. The fourth-order valence-corrected chi connectivity index (χ4v) is 6.41. The maximum atomic E-state index is 13.8. The van der Waals surface area contributed by atoms with Crippen molar-refractivity contribution in [2.24, 2.45) is 4.99 Å². The predicted octanol–water partition coefficient (Wildman–Crippen LogP) is 6.53. The van der Waals surface area contributed by atoms with Gasteiger partial charge in [-0.1, -0.05) is 48.2 Å². The van der Waals surface area contributed by atoms with Crippen molar-refractivity contribution in [1.29, 1.82) is 0 Å². The Labute approximate surface area is 214 Å². The van der Waals surface area contributed by atoms with Crippen LogP contribution in [0.2, 0.25) is 0 Å². The number of carbonyl (C=O) groups excluding carboxylic acids is 1. The Morgan fingerprint density at radius 2 is 1.74 bits per heavy atom. The van der Waals surface area contributed by atoms with Crippen molar-refractivity contribution < 1.29 is 9.53 Å². The van der Waals surface area contributed by atoms with Gasteiger partial charge in [0.25, 0.3) is 5.91 Å². The van der Waals surface area contributed by atoms with Crippen LogP contribution in [0.5, 0.6) is 5.75 Å².